The number of rotatable bonds is 4. The maximum atomic E-state index is 12.3. The Morgan fingerprint density at radius 1 is 1.35 bits per heavy atom. The Labute approximate surface area is 124 Å². The lowest BCUT2D eigenvalue weighted by Crippen LogP contribution is -2.26. The number of carbonyl (C=O) groups excluding carboxylic acids is 1. The number of halogens is 1. The van der Waals surface area contributed by atoms with Crippen LogP contribution < -0.4 is 0 Å². The summed E-state index contributed by atoms with van der Waals surface area (Å²) in [7, 11) is 1.60. The first-order valence-corrected chi connectivity index (χ1v) is 6.91. The highest BCUT2D eigenvalue weighted by Crippen LogP contribution is 2.24. The van der Waals surface area contributed by atoms with Gasteiger partial charge in [-0.05, 0) is 18.2 Å². The van der Waals surface area contributed by atoms with Gasteiger partial charge in [0.2, 0.25) is 0 Å². The van der Waals surface area contributed by atoms with Crippen molar-refractivity contribution in [2.45, 2.75) is 6.54 Å². The summed E-state index contributed by atoms with van der Waals surface area (Å²) in [6.45, 7) is 0.363. The Bertz CT molecular complexity index is 657. The van der Waals surface area contributed by atoms with Gasteiger partial charge in [0.15, 0.2) is 0 Å². The van der Waals surface area contributed by atoms with Crippen molar-refractivity contribution in [1.82, 2.24) is 4.90 Å². The van der Waals surface area contributed by atoms with E-state index in [1.54, 1.807) is 19.2 Å². The van der Waals surface area contributed by atoms with Gasteiger partial charge in [0.25, 0.3) is 11.6 Å². The highest BCUT2D eigenvalue weighted by Gasteiger charge is 2.22. The predicted octanol–water partition coefficient (Wildman–Crippen LogP) is 3.58. The zero-order valence-electron chi connectivity index (χ0n) is 10.6. The number of amides is 1. The molecule has 0 aliphatic rings. The first-order valence-electron chi connectivity index (χ1n) is 5.72. The van der Waals surface area contributed by atoms with Crippen LogP contribution >= 0.6 is 22.9 Å². The molecule has 0 radical (unpaired) electrons. The Morgan fingerprint density at radius 3 is 2.65 bits per heavy atom. The molecule has 5 nitrogen and oxygen atoms in total. The zero-order chi connectivity index (χ0) is 14.7. The van der Waals surface area contributed by atoms with Crippen molar-refractivity contribution in [3.8, 4) is 0 Å². The van der Waals surface area contributed by atoms with Crippen molar-refractivity contribution in [2.75, 3.05) is 7.05 Å². The Morgan fingerprint density at radius 2 is 2.05 bits per heavy atom. The summed E-state index contributed by atoms with van der Waals surface area (Å²) in [4.78, 5) is 25.0. The summed E-state index contributed by atoms with van der Waals surface area (Å²) >= 11 is 7.21. The molecule has 0 bridgehead atoms. The maximum absolute atomic E-state index is 12.3. The molecule has 104 valence electrons. The van der Waals surface area contributed by atoms with Gasteiger partial charge in [0.1, 0.15) is 5.56 Å². The molecule has 0 spiro atoms. The van der Waals surface area contributed by atoms with Crippen molar-refractivity contribution in [3.63, 3.8) is 0 Å². The highest BCUT2D eigenvalue weighted by molar-refractivity contribution is 7.16. The minimum absolute atomic E-state index is 0.0858. The third-order valence-corrected chi connectivity index (χ3v) is 3.92. The minimum Gasteiger partial charge on any atom is -0.336 e. The summed E-state index contributed by atoms with van der Waals surface area (Å²) in [5.41, 5.74) is -0.101. The molecule has 0 saturated carbocycles. The molecule has 1 aromatic carbocycles. The van der Waals surface area contributed by atoms with E-state index in [-0.39, 0.29) is 17.2 Å². The van der Waals surface area contributed by atoms with E-state index >= 15 is 0 Å². The molecule has 1 aromatic heterocycles. The fourth-order valence-corrected chi connectivity index (χ4v) is 2.90. The molecule has 0 saturated heterocycles. The number of hydrogen-bond acceptors (Lipinski definition) is 4. The van der Waals surface area contributed by atoms with Gasteiger partial charge in [-0.2, -0.15) is 0 Å². The van der Waals surface area contributed by atoms with Crippen LogP contribution in [0.25, 0.3) is 0 Å². The van der Waals surface area contributed by atoms with E-state index in [9.17, 15) is 14.9 Å². The van der Waals surface area contributed by atoms with Crippen molar-refractivity contribution in [1.29, 1.82) is 0 Å². The van der Waals surface area contributed by atoms with Gasteiger partial charge in [0, 0.05) is 18.0 Å². The molecule has 0 atom stereocenters. The van der Waals surface area contributed by atoms with Crippen molar-refractivity contribution in [3.05, 3.63) is 61.3 Å². The lowest BCUT2D eigenvalue weighted by Gasteiger charge is -2.16. The monoisotopic (exact) mass is 310 g/mol. The number of carbonyl (C=O) groups is 1. The Balaban J connectivity index is 2.20. The van der Waals surface area contributed by atoms with Gasteiger partial charge < -0.3 is 4.90 Å². The maximum Gasteiger partial charge on any atom is 0.282 e. The Hall–Kier alpha value is -1.92. The molecular formula is C13H11ClN2O3S. The molecule has 0 N–H and O–H groups in total. The van der Waals surface area contributed by atoms with Gasteiger partial charge in [0.05, 0.1) is 15.8 Å². The number of para-hydroxylation sites is 1. The number of nitro benzene ring substituents is 1. The van der Waals surface area contributed by atoms with Gasteiger partial charge in [-0.15, -0.1) is 11.3 Å². The van der Waals surface area contributed by atoms with Crippen molar-refractivity contribution in [2.24, 2.45) is 0 Å². The van der Waals surface area contributed by atoms with E-state index in [4.69, 9.17) is 11.6 Å². The largest absolute Gasteiger partial charge is 0.336 e. The van der Waals surface area contributed by atoms with Crippen LogP contribution in [0.4, 0.5) is 5.69 Å². The van der Waals surface area contributed by atoms with Crippen molar-refractivity contribution >= 4 is 34.5 Å². The molecule has 0 unspecified atom stereocenters. The highest BCUT2D eigenvalue weighted by atomic mass is 35.5. The van der Waals surface area contributed by atoms with Crippen LogP contribution in [0, 0.1) is 10.1 Å². The smallest absolute Gasteiger partial charge is 0.282 e. The van der Waals surface area contributed by atoms with E-state index in [0.717, 1.165) is 4.88 Å². The lowest BCUT2D eigenvalue weighted by molar-refractivity contribution is -0.385. The molecular weight excluding hydrogens is 300 g/mol. The lowest BCUT2D eigenvalue weighted by atomic mass is 10.1. The van der Waals surface area contributed by atoms with Crippen LogP contribution in [0.5, 0.6) is 0 Å². The van der Waals surface area contributed by atoms with E-state index in [2.05, 4.69) is 0 Å². The number of nitrogens with zero attached hydrogens (tertiary/aromatic N) is 2. The molecule has 7 heteroatoms. The topological polar surface area (TPSA) is 63.5 Å². The standard InChI is InChI=1S/C13H11ClN2O3S/c1-15(8-9-6-7-12(14)20-9)13(17)10-4-2-3-5-11(10)16(18)19/h2-7H,8H2,1H3. The average Bonchev–Trinajstić information content (AvgIpc) is 2.83. The summed E-state index contributed by atoms with van der Waals surface area (Å²) in [6, 6.07) is 9.51. The van der Waals surface area contributed by atoms with E-state index in [1.807, 2.05) is 6.07 Å². The molecule has 2 rings (SSSR count). The van der Waals surface area contributed by atoms with Crippen LogP contribution in [-0.4, -0.2) is 22.8 Å². The third-order valence-electron chi connectivity index (χ3n) is 2.70. The van der Waals surface area contributed by atoms with E-state index < -0.39 is 4.92 Å². The third kappa shape index (κ3) is 3.15. The number of thiophene rings is 1. The van der Waals surface area contributed by atoms with Crippen LogP contribution in [-0.2, 0) is 6.54 Å². The second-order valence-electron chi connectivity index (χ2n) is 4.14. The molecule has 20 heavy (non-hydrogen) atoms. The predicted molar refractivity (Wildman–Crippen MR) is 78.2 cm³/mol. The second kappa shape index (κ2) is 6.02. The van der Waals surface area contributed by atoms with Crippen LogP contribution in [0.3, 0.4) is 0 Å². The van der Waals surface area contributed by atoms with Crippen LogP contribution in [0.2, 0.25) is 4.34 Å². The van der Waals surface area contributed by atoms with Gasteiger partial charge >= 0.3 is 0 Å². The van der Waals surface area contributed by atoms with Gasteiger partial charge in [-0.25, -0.2) is 0 Å². The number of benzene rings is 1. The summed E-state index contributed by atoms with van der Waals surface area (Å²) in [5, 5.41) is 10.9. The zero-order valence-corrected chi connectivity index (χ0v) is 12.1. The van der Waals surface area contributed by atoms with E-state index in [1.165, 1.54) is 34.4 Å². The quantitative estimate of drug-likeness (QED) is 0.640. The summed E-state index contributed by atoms with van der Waals surface area (Å²) < 4.78 is 0.645. The molecule has 1 amide bonds. The fourth-order valence-electron chi connectivity index (χ4n) is 1.76. The first kappa shape index (κ1) is 14.5. The van der Waals surface area contributed by atoms with Gasteiger partial charge in [-0.1, -0.05) is 23.7 Å². The van der Waals surface area contributed by atoms with Crippen LogP contribution in [0.15, 0.2) is 36.4 Å². The molecule has 0 fully saturated rings. The summed E-state index contributed by atoms with van der Waals surface area (Å²) in [6.07, 6.45) is 0. The fraction of sp³-hybridized carbons (Fsp3) is 0.154. The molecule has 0 aliphatic heterocycles. The second-order valence-corrected chi connectivity index (χ2v) is 5.94. The SMILES string of the molecule is CN(Cc1ccc(Cl)s1)C(=O)c1ccccc1[N+](=O)[O-]. The molecule has 1 heterocycles. The number of hydrogen-bond donors (Lipinski definition) is 0. The van der Waals surface area contributed by atoms with Crippen molar-refractivity contribution < 1.29 is 9.72 Å². The molecule has 0 aliphatic carbocycles. The van der Waals surface area contributed by atoms with E-state index in [0.29, 0.717) is 10.9 Å². The number of nitro groups is 1. The van der Waals surface area contributed by atoms with Crippen LogP contribution in [0.1, 0.15) is 15.2 Å². The van der Waals surface area contributed by atoms with Gasteiger partial charge in [-0.3, -0.25) is 14.9 Å². The first-order chi connectivity index (χ1) is 9.49. The Kier molecular flexibility index (Phi) is 4.36. The normalized spacial score (nSPS) is 10.3. The molecule has 2 aromatic rings. The average molecular weight is 311 g/mol. The summed E-state index contributed by atoms with van der Waals surface area (Å²) in [5.74, 6) is -0.387. The minimum atomic E-state index is -0.552.